The molecule has 0 atom stereocenters. The Kier molecular flexibility index (Phi) is 4.66. The predicted octanol–water partition coefficient (Wildman–Crippen LogP) is 5.98. The molecule has 0 aliphatic rings. The molecule has 0 aliphatic carbocycles. The molecule has 3 aromatic carbocycles. The van der Waals surface area contributed by atoms with Crippen LogP contribution in [0.3, 0.4) is 0 Å². The van der Waals surface area contributed by atoms with Crippen molar-refractivity contribution in [3.8, 4) is 0 Å². The highest BCUT2D eigenvalue weighted by Gasteiger charge is 2.20. The van der Waals surface area contributed by atoms with Crippen LogP contribution < -0.4 is 5.32 Å². The number of nitrogens with zero attached hydrogens (tertiary/aromatic N) is 1. The molecule has 1 N–H and O–H groups in total. The first-order valence-electron chi connectivity index (χ1n) is 8.25. The van der Waals surface area contributed by atoms with Crippen LogP contribution in [0.2, 0.25) is 10.0 Å². The average Bonchev–Trinajstić information content (AvgIpc) is 3.07. The molecule has 0 spiro atoms. The first-order chi connectivity index (χ1) is 13.4. The second-order valence-corrected chi connectivity index (χ2v) is 7.00. The van der Waals surface area contributed by atoms with Crippen molar-refractivity contribution in [2.24, 2.45) is 0 Å². The lowest BCUT2D eigenvalue weighted by Gasteiger charge is -2.07. The number of nitro groups is 1. The van der Waals surface area contributed by atoms with E-state index in [2.05, 4.69) is 5.32 Å². The van der Waals surface area contributed by atoms with Crippen LogP contribution in [0, 0.1) is 10.1 Å². The molecule has 28 heavy (non-hydrogen) atoms. The van der Waals surface area contributed by atoms with E-state index in [1.54, 1.807) is 0 Å². The summed E-state index contributed by atoms with van der Waals surface area (Å²) in [6.45, 7) is 0. The van der Waals surface area contributed by atoms with Crippen LogP contribution in [0.1, 0.15) is 5.56 Å². The first kappa shape index (κ1) is 18.3. The zero-order valence-electron chi connectivity index (χ0n) is 14.2. The van der Waals surface area contributed by atoms with Crippen molar-refractivity contribution in [2.45, 2.75) is 6.42 Å². The van der Waals surface area contributed by atoms with Gasteiger partial charge < -0.3 is 9.73 Å². The van der Waals surface area contributed by atoms with Gasteiger partial charge in [-0.2, -0.15) is 0 Å². The number of hydrogen-bond donors (Lipinski definition) is 1. The molecule has 0 saturated carbocycles. The number of nitro benzene ring substituents is 1. The van der Waals surface area contributed by atoms with Crippen molar-refractivity contribution in [3.05, 3.63) is 80.5 Å². The van der Waals surface area contributed by atoms with Gasteiger partial charge in [0.05, 0.1) is 27.7 Å². The van der Waals surface area contributed by atoms with Crippen LogP contribution in [0.5, 0.6) is 0 Å². The molecule has 4 rings (SSSR count). The van der Waals surface area contributed by atoms with Gasteiger partial charge in [0.1, 0.15) is 11.3 Å². The zero-order chi connectivity index (χ0) is 19.8. The van der Waals surface area contributed by atoms with E-state index in [1.165, 1.54) is 12.3 Å². The van der Waals surface area contributed by atoms with E-state index in [0.29, 0.717) is 11.1 Å². The van der Waals surface area contributed by atoms with Gasteiger partial charge in [-0.15, -0.1) is 0 Å². The number of benzene rings is 3. The van der Waals surface area contributed by atoms with Crippen molar-refractivity contribution < 1.29 is 14.1 Å². The van der Waals surface area contributed by atoms with Crippen molar-refractivity contribution >= 4 is 62.2 Å². The monoisotopic (exact) mass is 414 g/mol. The van der Waals surface area contributed by atoms with E-state index < -0.39 is 10.8 Å². The zero-order valence-corrected chi connectivity index (χ0v) is 15.8. The van der Waals surface area contributed by atoms with Crippen molar-refractivity contribution in [3.63, 3.8) is 0 Å². The summed E-state index contributed by atoms with van der Waals surface area (Å²) in [5.74, 6) is -0.433. The summed E-state index contributed by atoms with van der Waals surface area (Å²) in [4.78, 5) is 23.2. The summed E-state index contributed by atoms with van der Waals surface area (Å²) in [5, 5.41) is 16.8. The third kappa shape index (κ3) is 3.28. The van der Waals surface area contributed by atoms with E-state index >= 15 is 0 Å². The third-order valence-electron chi connectivity index (χ3n) is 4.40. The number of fused-ring (bicyclic) bond motifs is 3. The minimum absolute atomic E-state index is 0.0120. The molecular formula is C20H12Cl2N2O4. The maximum absolute atomic E-state index is 12.6. The lowest BCUT2D eigenvalue weighted by Crippen LogP contribution is -2.15. The molecular weight excluding hydrogens is 403 g/mol. The number of carbonyl (C=O) groups excluding carboxylic acids is 1. The van der Waals surface area contributed by atoms with E-state index in [9.17, 15) is 14.9 Å². The van der Waals surface area contributed by atoms with Gasteiger partial charge in [0.25, 0.3) is 5.69 Å². The fourth-order valence-corrected chi connectivity index (χ4v) is 3.48. The summed E-state index contributed by atoms with van der Waals surface area (Å²) in [7, 11) is 0. The summed E-state index contributed by atoms with van der Waals surface area (Å²) in [6, 6.07) is 14.0. The Morgan fingerprint density at radius 2 is 1.86 bits per heavy atom. The maximum atomic E-state index is 12.6. The van der Waals surface area contributed by atoms with E-state index in [1.807, 2.05) is 36.4 Å². The quantitative estimate of drug-likeness (QED) is 0.328. The maximum Gasteiger partial charge on any atom is 0.294 e. The molecule has 4 aromatic rings. The largest absolute Gasteiger partial charge is 0.464 e. The summed E-state index contributed by atoms with van der Waals surface area (Å²) < 4.78 is 5.58. The summed E-state index contributed by atoms with van der Waals surface area (Å²) >= 11 is 11.8. The van der Waals surface area contributed by atoms with E-state index in [0.717, 1.165) is 22.2 Å². The SMILES string of the molecule is O=C(Cc1coc2ccc3ccccc3c12)Nc1cc(Cl)c(Cl)cc1[N+](=O)[O-]. The molecule has 0 bridgehead atoms. The van der Waals surface area contributed by atoms with Gasteiger partial charge in [-0.3, -0.25) is 14.9 Å². The molecule has 0 radical (unpaired) electrons. The Morgan fingerprint density at radius 3 is 2.64 bits per heavy atom. The Hall–Kier alpha value is -3.09. The fraction of sp³-hybridized carbons (Fsp3) is 0.0500. The number of furan rings is 1. The topological polar surface area (TPSA) is 85.4 Å². The van der Waals surface area contributed by atoms with Gasteiger partial charge in [-0.1, -0.05) is 53.5 Å². The molecule has 140 valence electrons. The Balaban J connectivity index is 1.68. The number of halogens is 2. The van der Waals surface area contributed by atoms with Gasteiger partial charge in [-0.05, 0) is 22.9 Å². The molecule has 0 unspecified atom stereocenters. The minimum Gasteiger partial charge on any atom is -0.464 e. The Labute approximate surface area is 168 Å². The van der Waals surface area contributed by atoms with Gasteiger partial charge in [-0.25, -0.2) is 0 Å². The van der Waals surface area contributed by atoms with Crippen LogP contribution in [0.15, 0.2) is 59.2 Å². The van der Waals surface area contributed by atoms with Gasteiger partial charge >= 0.3 is 0 Å². The number of nitrogens with one attached hydrogen (secondary N) is 1. The average molecular weight is 415 g/mol. The molecule has 1 heterocycles. The van der Waals surface area contributed by atoms with Crippen LogP contribution >= 0.6 is 23.2 Å². The first-order valence-corrected chi connectivity index (χ1v) is 9.01. The van der Waals surface area contributed by atoms with Gasteiger partial charge in [0.2, 0.25) is 5.91 Å². The smallest absolute Gasteiger partial charge is 0.294 e. The molecule has 0 saturated heterocycles. The van der Waals surface area contributed by atoms with Crippen LogP contribution in [-0.4, -0.2) is 10.8 Å². The lowest BCUT2D eigenvalue weighted by atomic mass is 10.0. The number of anilines is 1. The van der Waals surface area contributed by atoms with E-state index in [-0.39, 0.29) is 27.8 Å². The number of hydrogen-bond acceptors (Lipinski definition) is 4. The van der Waals surface area contributed by atoms with Gasteiger partial charge in [0, 0.05) is 17.0 Å². The Bertz CT molecular complexity index is 1250. The third-order valence-corrected chi connectivity index (χ3v) is 5.12. The molecule has 6 nitrogen and oxygen atoms in total. The van der Waals surface area contributed by atoms with Crippen molar-refractivity contribution in [2.75, 3.05) is 5.32 Å². The fourth-order valence-electron chi connectivity index (χ4n) is 3.16. The summed E-state index contributed by atoms with van der Waals surface area (Å²) in [5.41, 5.74) is 1.02. The number of rotatable bonds is 4. The normalized spacial score (nSPS) is 11.1. The number of carbonyl (C=O) groups is 1. The van der Waals surface area contributed by atoms with Crippen molar-refractivity contribution in [1.82, 2.24) is 0 Å². The lowest BCUT2D eigenvalue weighted by molar-refractivity contribution is -0.383. The predicted molar refractivity (Wildman–Crippen MR) is 109 cm³/mol. The highest BCUT2D eigenvalue weighted by atomic mass is 35.5. The minimum atomic E-state index is -0.626. The number of amides is 1. The molecule has 8 heteroatoms. The standard InChI is InChI=1S/C20H12Cl2N2O4/c21-14-8-16(17(24(26)27)9-15(14)22)23-19(25)7-12-10-28-18-6-5-11-3-1-2-4-13(11)20(12)18/h1-6,8-10H,7H2,(H,23,25). The molecule has 0 fully saturated rings. The van der Waals surface area contributed by atoms with Crippen LogP contribution in [0.4, 0.5) is 11.4 Å². The molecule has 1 aromatic heterocycles. The van der Waals surface area contributed by atoms with Crippen LogP contribution in [-0.2, 0) is 11.2 Å². The Morgan fingerprint density at radius 1 is 1.11 bits per heavy atom. The molecule has 1 amide bonds. The second-order valence-electron chi connectivity index (χ2n) is 6.19. The summed E-state index contributed by atoms with van der Waals surface area (Å²) in [6.07, 6.45) is 1.51. The van der Waals surface area contributed by atoms with Gasteiger partial charge in [0.15, 0.2) is 0 Å². The van der Waals surface area contributed by atoms with Crippen molar-refractivity contribution in [1.29, 1.82) is 0 Å². The second kappa shape index (κ2) is 7.14. The molecule has 0 aliphatic heterocycles. The highest BCUT2D eigenvalue weighted by Crippen LogP contribution is 2.34. The highest BCUT2D eigenvalue weighted by molar-refractivity contribution is 6.42. The van der Waals surface area contributed by atoms with Crippen LogP contribution in [0.25, 0.3) is 21.7 Å². The van der Waals surface area contributed by atoms with E-state index in [4.69, 9.17) is 27.6 Å².